The molecule has 0 spiro atoms. The van der Waals surface area contributed by atoms with Crippen LogP contribution in [0.5, 0.6) is 11.5 Å². The van der Waals surface area contributed by atoms with Crippen LogP contribution in [-0.2, 0) is 4.74 Å². The quantitative estimate of drug-likeness (QED) is 0.728. The third-order valence-corrected chi connectivity index (χ3v) is 6.31. The number of carbonyl (C=O) groups is 1. The normalized spacial score (nSPS) is 22.4. The second-order valence-electron chi connectivity index (χ2n) is 7.79. The SMILES string of the molecule is COc1ccc(C(=O)N2CCC(N3C[C@H](OC)[C@@H]3c3ccncc3)CC2)c(OC)c1. The molecule has 0 radical (unpaired) electrons. The van der Waals surface area contributed by atoms with Gasteiger partial charge >= 0.3 is 0 Å². The van der Waals surface area contributed by atoms with Crippen LogP contribution in [0.4, 0.5) is 0 Å². The summed E-state index contributed by atoms with van der Waals surface area (Å²) in [5, 5.41) is 0. The lowest BCUT2D eigenvalue weighted by molar-refractivity contribution is -0.115. The molecule has 2 aromatic rings. The van der Waals surface area contributed by atoms with E-state index in [0.717, 1.165) is 32.5 Å². The molecule has 3 heterocycles. The van der Waals surface area contributed by atoms with Crippen LogP contribution >= 0.6 is 0 Å². The highest BCUT2D eigenvalue weighted by Crippen LogP contribution is 2.39. The van der Waals surface area contributed by atoms with E-state index in [-0.39, 0.29) is 18.1 Å². The van der Waals surface area contributed by atoms with E-state index in [4.69, 9.17) is 14.2 Å². The van der Waals surface area contributed by atoms with Crippen molar-refractivity contribution in [3.63, 3.8) is 0 Å². The van der Waals surface area contributed by atoms with Crippen LogP contribution in [0.2, 0.25) is 0 Å². The van der Waals surface area contributed by atoms with Crippen molar-refractivity contribution in [1.82, 2.24) is 14.8 Å². The highest BCUT2D eigenvalue weighted by molar-refractivity contribution is 5.97. The number of amides is 1. The van der Waals surface area contributed by atoms with Gasteiger partial charge in [-0.15, -0.1) is 0 Å². The van der Waals surface area contributed by atoms with Crippen molar-refractivity contribution in [2.75, 3.05) is 41.0 Å². The summed E-state index contributed by atoms with van der Waals surface area (Å²) in [5.41, 5.74) is 1.82. The molecule has 0 unspecified atom stereocenters. The second-order valence-corrected chi connectivity index (χ2v) is 7.79. The fourth-order valence-electron chi connectivity index (χ4n) is 4.59. The standard InChI is InChI=1S/C23H29N3O4/c1-28-18-4-5-19(20(14-18)29-2)23(27)25-12-8-17(9-13-25)26-15-21(30-3)22(26)16-6-10-24-11-7-16/h4-7,10-11,14,17,21-22H,8-9,12-13,15H2,1-3H3/t21-,22-/m0/s1. The number of aromatic nitrogens is 1. The van der Waals surface area contributed by atoms with Gasteiger partial charge in [0.1, 0.15) is 11.5 Å². The molecule has 1 amide bonds. The van der Waals surface area contributed by atoms with Crippen molar-refractivity contribution in [3.8, 4) is 11.5 Å². The van der Waals surface area contributed by atoms with Crippen LogP contribution in [0.1, 0.15) is 34.8 Å². The van der Waals surface area contributed by atoms with Crippen LogP contribution in [-0.4, -0.2) is 73.8 Å². The molecule has 7 heteroatoms. The van der Waals surface area contributed by atoms with Gasteiger partial charge in [0.15, 0.2) is 0 Å². The van der Waals surface area contributed by atoms with Gasteiger partial charge in [-0.3, -0.25) is 14.7 Å². The van der Waals surface area contributed by atoms with Crippen LogP contribution < -0.4 is 9.47 Å². The molecule has 2 fully saturated rings. The largest absolute Gasteiger partial charge is 0.497 e. The number of benzene rings is 1. The second kappa shape index (κ2) is 9.02. The van der Waals surface area contributed by atoms with Gasteiger partial charge < -0.3 is 19.1 Å². The number of rotatable bonds is 6. The van der Waals surface area contributed by atoms with E-state index in [1.807, 2.05) is 17.3 Å². The zero-order chi connectivity index (χ0) is 21.1. The molecule has 0 aliphatic carbocycles. The number of piperidine rings is 1. The molecule has 1 aromatic carbocycles. The minimum atomic E-state index is 0.0111. The lowest BCUT2D eigenvalue weighted by atomic mass is 9.87. The molecule has 0 bridgehead atoms. The highest BCUT2D eigenvalue weighted by atomic mass is 16.5. The van der Waals surface area contributed by atoms with Crippen LogP contribution in [0, 0.1) is 0 Å². The summed E-state index contributed by atoms with van der Waals surface area (Å²) in [4.78, 5) is 21.7. The number of pyridine rings is 1. The van der Waals surface area contributed by atoms with Crippen LogP contribution in [0.15, 0.2) is 42.7 Å². The lowest BCUT2D eigenvalue weighted by Gasteiger charge is -2.53. The summed E-state index contributed by atoms with van der Waals surface area (Å²) in [6, 6.07) is 10.2. The number of hydrogen-bond acceptors (Lipinski definition) is 6. The third-order valence-electron chi connectivity index (χ3n) is 6.31. The average molecular weight is 412 g/mol. The summed E-state index contributed by atoms with van der Waals surface area (Å²) >= 11 is 0. The van der Waals surface area contributed by atoms with Crippen LogP contribution in [0.3, 0.4) is 0 Å². The molecule has 4 rings (SSSR count). The highest BCUT2D eigenvalue weighted by Gasteiger charge is 2.44. The molecule has 30 heavy (non-hydrogen) atoms. The number of methoxy groups -OCH3 is 3. The van der Waals surface area contributed by atoms with Gasteiger partial charge in [0.2, 0.25) is 0 Å². The smallest absolute Gasteiger partial charge is 0.257 e. The predicted molar refractivity (Wildman–Crippen MR) is 113 cm³/mol. The summed E-state index contributed by atoms with van der Waals surface area (Å²) < 4.78 is 16.3. The Morgan fingerprint density at radius 2 is 1.77 bits per heavy atom. The Morgan fingerprint density at radius 3 is 2.40 bits per heavy atom. The molecule has 160 valence electrons. The van der Waals surface area contributed by atoms with Gasteiger partial charge in [-0.2, -0.15) is 0 Å². The minimum Gasteiger partial charge on any atom is -0.497 e. The Balaban J connectivity index is 1.41. The lowest BCUT2D eigenvalue weighted by Crippen LogP contribution is -2.60. The van der Waals surface area contributed by atoms with Gasteiger partial charge in [-0.1, -0.05) is 0 Å². The first-order chi connectivity index (χ1) is 14.7. The van der Waals surface area contributed by atoms with E-state index in [2.05, 4.69) is 22.0 Å². The third kappa shape index (κ3) is 3.87. The monoisotopic (exact) mass is 411 g/mol. The maximum Gasteiger partial charge on any atom is 0.257 e. The van der Waals surface area contributed by atoms with Crippen molar-refractivity contribution in [2.45, 2.75) is 31.0 Å². The molecule has 0 saturated carbocycles. The minimum absolute atomic E-state index is 0.0111. The predicted octanol–water partition coefficient (Wildman–Crippen LogP) is 2.78. The van der Waals surface area contributed by atoms with E-state index in [0.29, 0.717) is 23.1 Å². The van der Waals surface area contributed by atoms with Gasteiger partial charge in [-0.25, -0.2) is 0 Å². The van der Waals surface area contributed by atoms with Crippen molar-refractivity contribution < 1.29 is 19.0 Å². The van der Waals surface area contributed by atoms with Crippen molar-refractivity contribution in [2.24, 2.45) is 0 Å². The van der Waals surface area contributed by atoms with Gasteiger partial charge in [0, 0.05) is 51.2 Å². The van der Waals surface area contributed by atoms with E-state index < -0.39 is 0 Å². The van der Waals surface area contributed by atoms with Gasteiger partial charge in [0.25, 0.3) is 5.91 Å². The zero-order valence-corrected chi connectivity index (χ0v) is 17.8. The first kappa shape index (κ1) is 20.6. The Hall–Kier alpha value is -2.64. The Kier molecular flexibility index (Phi) is 6.20. The van der Waals surface area contributed by atoms with E-state index in [9.17, 15) is 4.79 Å². The maximum absolute atomic E-state index is 13.1. The number of carbonyl (C=O) groups excluding carboxylic acids is 1. The topological polar surface area (TPSA) is 64.1 Å². The van der Waals surface area contributed by atoms with Gasteiger partial charge in [0.05, 0.1) is 31.9 Å². The summed E-state index contributed by atoms with van der Waals surface area (Å²) in [7, 11) is 4.96. The Bertz CT molecular complexity index is 868. The molecule has 2 aliphatic rings. The first-order valence-corrected chi connectivity index (χ1v) is 10.4. The summed E-state index contributed by atoms with van der Waals surface area (Å²) in [5.74, 6) is 1.23. The molecule has 2 atom stereocenters. The van der Waals surface area contributed by atoms with E-state index >= 15 is 0 Å². The summed E-state index contributed by atoms with van der Waals surface area (Å²) in [6.07, 6.45) is 5.77. The Labute approximate surface area is 177 Å². The Morgan fingerprint density at radius 1 is 1.03 bits per heavy atom. The van der Waals surface area contributed by atoms with Gasteiger partial charge in [-0.05, 0) is 42.7 Å². The number of hydrogen-bond donors (Lipinski definition) is 0. The number of nitrogens with zero attached hydrogens (tertiary/aromatic N) is 3. The van der Waals surface area contributed by atoms with Crippen molar-refractivity contribution >= 4 is 5.91 Å². The summed E-state index contributed by atoms with van der Waals surface area (Å²) in [6.45, 7) is 2.39. The number of likely N-dealkylation sites (tertiary alicyclic amines) is 2. The molecule has 2 aliphatic heterocycles. The maximum atomic E-state index is 13.1. The van der Waals surface area contributed by atoms with Crippen LogP contribution in [0.25, 0.3) is 0 Å². The van der Waals surface area contributed by atoms with E-state index in [1.165, 1.54) is 5.56 Å². The average Bonchev–Trinajstić information content (AvgIpc) is 2.79. The zero-order valence-electron chi connectivity index (χ0n) is 17.8. The fraction of sp³-hybridized carbons (Fsp3) is 0.478. The molecule has 0 N–H and O–H groups in total. The fourth-order valence-corrected chi connectivity index (χ4v) is 4.59. The molecule has 2 saturated heterocycles. The molecular weight excluding hydrogens is 382 g/mol. The number of ether oxygens (including phenoxy) is 3. The molecular formula is C23H29N3O4. The molecule has 7 nitrogen and oxygen atoms in total. The van der Waals surface area contributed by atoms with E-state index in [1.54, 1.807) is 39.5 Å². The van der Waals surface area contributed by atoms with Crippen molar-refractivity contribution in [3.05, 3.63) is 53.9 Å². The molecule has 1 aromatic heterocycles. The van der Waals surface area contributed by atoms with Crippen molar-refractivity contribution in [1.29, 1.82) is 0 Å². The first-order valence-electron chi connectivity index (χ1n) is 10.4.